The van der Waals surface area contributed by atoms with Crippen molar-refractivity contribution in [1.82, 2.24) is 58.1 Å². The van der Waals surface area contributed by atoms with Crippen LogP contribution in [0.3, 0.4) is 0 Å². The summed E-state index contributed by atoms with van der Waals surface area (Å²) in [5, 5.41) is 37.4. The van der Waals surface area contributed by atoms with Crippen molar-refractivity contribution < 1.29 is 39.6 Å². The maximum atomic E-state index is 12.2. The average molecular weight is 1150 g/mol. The molecule has 0 spiro atoms. The van der Waals surface area contributed by atoms with Gasteiger partial charge in [0.05, 0.1) is 21.5 Å². The van der Waals surface area contributed by atoms with Crippen molar-refractivity contribution in [3.63, 3.8) is 0 Å². The third-order valence-electron chi connectivity index (χ3n) is 15.0. The predicted octanol–water partition coefficient (Wildman–Crippen LogP) is 4.44. The number of rotatable bonds is 12. The first-order valence-corrected chi connectivity index (χ1v) is 28.0. The van der Waals surface area contributed by atoms with Gasteiger partial charge in [-0.2, -0.15) is 19.9 Å². The first-order valence-electron chi connectivity index (χ1n) is 28.0. The standard InChI is InChI=1S/4C14H16N4O3/c4*1-2-17-8-10(13(20)21)11(19)9-7-15-14(16-12(9)17)18-5-3-4-6-18/h4*7-8H,2-6H2,1H3,(H,20,21). The van der Waals surface area contributed by atoms with Gasteiger partial charge in [-0.3, -0.25) is 19.2 Å². The number of carboxylic acid groups (broad SMARTS) is 4. The topological polar surface area (TPSA) is 353 Å². The van der Waals surface area contributed by atoms with Crippen LogP contribution in [0.4, 0.5) is 23.8 Å². The molecule has 0 amide bonds. The molecule has 0 bridgehead atoms. The van der Waals surface area contributed by atoms with E-state index < -0.39 is 45.6 Å². The Morgan fingerprint density at radius 3 is 0.679 bits per heavy atom. The fourth-order valence-corrected chi connectivity index (χ4v) is 10.5. The Labute approximate surface area is 478 Å². The van der Waals surface area contributed by atoms with E-state index in [-0.39, 0.29) is 43.8 Å². The Balaban J connectivity index is 0.000000134. The van der Waals surface area contributed by atoms with Gasteiger partial charge < -0.3 is 58.3 Å². The highest BCUT2D eigenvalue weighted by Gasteiger charge is 2.24. The minimum Gasteiger partial charge on any atom is -0.477 e. The lowest BCUT2D eigenvalue weighted by molar-refractivity contribution is 0.0684. The van der Waals surface area contributed by atoms with Crippen LogP contribution in [-0.4, -0.2) is 155 Å². The highest BCUT2D eigenvalue weighted by Crippen LogP contribution is 2.23. The number of pyridine rings is 4. The van der Waals surface area contributed by atoms with Gasteiger partial charge in [0, 0.05) is 128 Å². The van der Waals surface area contributed by atoms with Crippen LogP contribution in [0.15, 0.2) is 68.8 Å². The average Bonchev–Trinajstić information content (AvgIpc) is 3.00. The van der Waals surface area contributed by atoms with Crippen molar-refractivity contribution in [2.24, 2.45) is 0 Å². The molecule has 0 unspecified atom stereocenters. The van der Waals surface area contributed by atoms with E-state index in [9.17, 15) is 38.4 Å². The summed E-state index contributed by atoms with van der Waals surface area (Å²) >= 11 is 0. The quantitative estimate of drug-likeness (QED) is 0.131. The molecule has 28 nitrogen and oxygen atoms in total. The third kappa shape index (κ3) is 12.1. The highest BCUT2D eigenvalue weighted by atomic mass is 16.4. The lowest BCUT2D eigenvalue weighted by atomic mass is 10.2. The zero-order chi connectivity index (χ0) is 59.9. The van der Waals surface area contributed by atoms with Crippen molar-refractivity contribution >= 4 is 91.8 Å². The number of anilines is 4. The first kappa shape index (κ1) is 58.9. The summed E-state index contributed by atoms with van der Waals surface area (Å²) in [6.45, 7) is 17.0. The summed E-state index contributed by atoms with van der Waals surface area (Å²) in [5.41, 5.74) is -1.16. The molecule has 28 heteroatoms. The molecule has 4 aliphatic heterocycles. The van der Waals surface area contributed by atoms with E-state index in [1.54, 1.807) is 18.3 Å². The second-order valence-electron chi connectivity index (χ2n) is 20.3. The largest absolute Gasteiger partial charge is 0.477 e. The van der Waals surface area contributed by atoms with Gasteiger partial charge in [-0.05, 0) is 79.1 Å². The minimum atomic E-state index is -1.23. The zero-order valence-electron chi connectivity index (χ0n) is 47.0. The molecule has 84 heavy (non-hydrogen) atoms. The number of fused-ring (bicyclic) bond motifs is 4. The summed E-state index contributed by atoms with van der Waals surface area (Å²) in [7, 11) is 0. The van der Waals surface area contributed by atoms with Gasteiger partial charge >= 0.3 is 23.9 Å². The van der Waals surface area contributed by atoms with E-state index in [0.717, 1.165) is 104 Å². The summed E-state index contributed by atoms with van der Waals surface area (Å²) in [6.07, 6.45) is 20.1. The highest BCUT2D eigenvalue weighted by molar-refractivity contribution is 5.94. The Morgan fingerprint density at radius 1 is 0.345 bits per heavy atom. The molecule has 0 atom stereocenters. The number of carbonyl (C=O) groups is 4. The number of aromatic carboxylic acids is 4. The van der Waals surface area contributed by atoms with Crippen molar-refractivity contribution in [2.75, 3.05) is 72.0 Å². The molecule has 4 N–H and O–H groups in total. The molecule has 0 saturated carbocycles. The molecule has 12 rings (SSSR count). The van der Waals surface area contributed by atoms with Gasteiger partial charge in [-0.1, -0.05) is 0 Å². The zero-order valence-corrected chi connectivity index (χ0v) is 47.0. The number of hydrogen-bond acceptors (Lipinski definition) is 20. The fourth-order valence-electron chi connectivity index (χ4n) is 10.5. The van der Waals surface area contributed by atoms with E-state index in [4.69, 9.17) is 20.4 Å². The number of hydrogen-bond donors (Lipinski definition) is 4. The van der Waals surface area contributed by atoms with Crippen molar-refractivity contribution in [3.05, 3.63) is 113 Å². The van der Waals surface area contributed by atoms with Crippen LogP contribution < -0.4 is 41.3 Å². The van der Waals surface area contributed by atoms with Gasteiger partial charge in [0.1, 0.15) is 44.8 Å². The number of nitrogens with zero attached hydrogens (tertiary/aromatic N) is 16. The van der Waals surface area contributed by atoms with Crippen LogP contribution in [0.1, 0.15) is 120 Å². The Kier molecular flexibility index (Phi) is 17.9. The Bertz CT molecular complexity index is 3580. The second-order valence-corrected chi connectivity index (χ2v) is 20.3. The molecule has 8 aromatic heterocycles. The van der Waals surface area contributed by atoms with Crippen molar-refractivity contribution in [3.8, 4) is 0 Å². The van der Waals surface area contributed by atoms with Crippen LogP contribution in [-0.2, 0) is 26.2 Å². The molecule has 0 aliphatic carbocycles. The molecule has 0 radical (unpaired) electrons. The summed E-state index contributed by atoms with van der Waals surface area (Å²) in [4.78, 5) is 136. The summed E-state index contributed by atoms with van der Waals surface area (Å²) in [6, 6.07) is 0. The van der Waals surface area contributed by atoms with E-state index in [2.05, 4.69) is 59.5 Å². The maximum Gasteiger partial charge on any atom is 0.341 e. The third-order valence-corrected chi connectivity index (χ3v) is 15.0. The van der Waals surface area contributed by atoms with E-state index in [0.29, 0.717) is 72.6 Å². The van der Waals surface area contributed by atoms with Crippen LogP contribution in [0, 0.1) is 0 Å². The monoisotopic (exact) mass is 1150 g/mol. The molecule has 440 valence electrons. The molecule has 4 saturated heterocycles. The molecule has 12 heterocycles. The first-order chi connectivity index (χ1) is 40.5. The molecule has 8 aromatic rings. The molecular formula is C56H64N16O12. The van der Waals surface area contributed by atoms with Gasteiger partial charge in [-0.15, -0.1) is 0 Å². The smallest absolute Gasteiger partial charge is 0.341 e. The Hall–Kier alpha value is -9.76. The van der Waals surface area contributed by atoms with E-state index >= 15 is 0 Å². The molecule has 4 aliphatic rings. The Morgan fingerprint density at radius 2 is 0.524 bits per heavy atom. The van der Waals surface area contributed by atoms with Gasteiger partial charge in [-0.25, -0.2) is 39.1 Å². The SMILES string of the molecule is CCn1cc(C(=O)O)c(=O)c2cnc(N3CCCC3)nc21.CCn1cc(C(=O)O)c(=O)c2cnc(N3CCCC3)nc21.CCn1cc(C(=O)O)c(=O)c2cnc(N3CCCC3)nc21.CCn1cc(C(=O)O)c(=O)c2cnc(N3CCCC3)nc21. The normalized spacial score (nSPS) is 14.8. The van der Waals surface area contributed by atoms with E-state index in [1.807, 2.05) is 27.7 Å². The number of aryl methyl sites for hydroxylation is 4. The lowest BCUT2D eigenvalue weighted by Crippen LogP contribution is -2.23. The van der Waals surface area contributed by atoms with Crippen LogP contribution in [0.25, 0.3) is 44.1 Å². The predicted molar refractivity (Wildman–Crippen MR) is 312 cm³/mol. The van der Waals surface area contributed by atoms with Crippen molar-refractivity contribution in [1.29, 1.82) is 0 Å². The van der Waals surface area contributed by atoms with Crippen molar-refractivity contribution in [2.45, 2.75) is 105 Å². The molecular weight excluding hydrogens is 1090 g/mol. The molecule has 0 aromatic carbocycles. The van der Waals surface area contributed by atoms with Gasteiger partial charge in [0.15, 0.2) is 0 Å². The number of carboxylic acids is 4. The maximum absolute atomic E-state index is 12.2. The van der Waals surface area contributed by atoms with E-state index in [1.165, 1.54) is 49.6 Å². The lowest BCUT2D eigenvalue weighted by Gasteiger charge is -2.16. The van der Waals surface area contributed by atoms with Crippen LogP contribution in [0.5, 0.6) is 0 Å². The fraction of sp³-hybridized carbons (Fsp3) is 0.429. The van der Waals surface area contributed by atoms with Gasteiger partial charge in [0.2, 0.25) is 45.5 Å². The van der Waals surface area contributed by atoms with Crippen LogP contribution >= 0.6 is 0 Å². The summed E-state index contributed by atoms with van der Waals surface area (Å²) < 4.78 is 6.73. The summed E-state index contributed by atoms with van der Waals surface area (Å²) in [5.74, 6) is -2.51. The minimum absolute atomic E-state index is 0.248. The molecule has 4 fully saturated rings. The van der Waals surface area contributed by atoms with Gasteiger partial charge in [0.25, 0.3) is 0 Å². The number of aromatic nitrogens is 12. The van der Waals surface area contributed by atoms with Crippen LogP contribution in [0.2, 0.25) is 0 Å². The second kappa shape index (κ2) is 25.6.